The zero-order valence-electron chi connectivity index (χ0n) is 33.3. The first-order chi connectivity index (χ1) is 29.7. The minimum absolute atomic E-state index is 0.227. The van der Waals surface area contributed by atoms with Crippen molar-refractivity contribution in [2.45, 2.75) is 13.3 Å². The molecule has 1 aliphatic heterocycles. The summed E-state index contributed by atoms with van der Waals surface area (Å²) in [5, 5.41) is 5.81. The molecule has 284 valence electrons. The maximum atomic E-state index is 5.63. The van der Waals surface area contributed by atoms with E-state index in [4.69, 9.17) is 15.0 Å². The predicted molar refractivity (Wildman–Crippen MR) is 252 cm³/mol. The number of para-hydroxylation sites is 1. The zero-order valence-corrected chi connectivity index (χ0v) is 33.3. The number of aliphatic imine (C=N–C) groups is 1. The quantitative estimate of drug-likeness (QED) is 0.162. The Bertz CT molecular complexity index is 3240. The summed E-state index contributed by atoms with van der Waals surface area (Å²) in [7, 11) is 0. The van der Waals surface area contributed by atoms with Crippen LogP contribution in [-0.4, -0.2) is 15.7 Å². The Kier molecular flexibility index (Phi) is 8.93. The molecular formula is C57H41N3. The largest absolute Gasteiger partial charge is 0.252 e. The lowest BCUT2D eigenvalue weighted by atomic mass is 9.74. The molecule has 2 unspecified atom stereocenters. The van der Waals surface area contributed by atoms with Crippen LogP contribution in [0, 0.1) is 11.8 Å². The summed E-state index contributed by atoms with van der Waals surface area (Å²) < 4.78 is 0. The Morgan fingerprint density at radius 3 is 1.70 bits per heavy atom. The number of nitrogens with zero attached hydrogens (tertiary/aromatic N) is 3. The Hall–Kier alpha value is -7.49. The molecule has 3 heteroatoms. The van der Waals surface area contributed by atoms with Crippen molar-refractivity contribution in [1.82, 2.24) is 9.97 Å². The molecule has 0 radical (unpaired) electrons. The second kappa shape index (κ2) is 15.0. The third-order valence-corrected chi connectivity index (χ3v) is 12.3. The highest BCUT2D eigenvalue weighted by Crippen LogP contribution is 2.43. The van der Waals surface area contributed by atoms with Crippen LogP contribution in [0.1, 0.15) is 24.5 Å². The summed E-state index contributed by atoms with van der Waals surface area (Å²) in [6, 6.07) is 65.1. The first kappa shape index (κ1) is 35.7. The Morgan fingerprint density at radius 1 is 0.450 bits per heavy atom. The van der Waals surface area contributed by atoms with Crippen LogP contribution in [0.15, 0.2) is 217 Å². The number of hydrogen-bond donors (Lipinski definition) is 0. The van der Waals surface area contributed by atoms with Gasteiger partial charge in [-0.3, -0.25) is 4.99 Å². The molecule has 0 bridgehead atoms. The van der Waals surface area contributed by atoms with Crippen LogP contribution < -0.4 is 0 Å². The molecule has 0 spiro atoms. The minimum atomic E-state index is 0.227. The van der Waals surface area contributed by atoms with Gasteiger partial charge in [-0.15, -0.1) is 0 Å². The van der Waals surface area contributed by atoms with Gasteiger partial charge in [0.15, 0.2) is 5.82 Å². The normalized spacial score (nSPS) is 16.1. The van der Waals surface area contributed by atoms with E-state index in [-0.39, 0.29) is 11.8 Å². The molecular weight excluding hydrogens is 727 g/mol. The molecule has 11 rings (SSSR count). The fourth-order valence-corrected chi connectivity index (χ4v) is 9.19. The number of fused-ring (bicyclic) bond motifs is 4. The van der Waals surface area contributed by atoms with E-state index >= 15 is 0 Å². The fraction of sp³-hybridized carbons (Fsp3) is 0.0702. The highest BCUT2D eigenvalue weighted by molar-refractivity contribution is 6.09. The summed E-state index contributed by atoms with van der Waals surface area (Å²) in [5.74, 6) is 1.20. The third kappa shape index (κ3) is 6.45. The molecule has 8 aromatic carbocycles. The molecule has 3 nitrogen and oxygen atoms in total. The van der Waals surface area contributed by atoms with Crippen LogP contribution in [0.5, 0.6) is 0 Å². The molecule has 0 amide bonds. The predicted octanol–water partition coefficient (Wildman–Crippen LogP) is 14.6. The van der Waals surface area contributed by atoms with Gasteiger partial charge < -0.3 is 0 Å². The highest BCUT2D eigenvalue weighted by Gasteiger charge is 2.33. The van der Waals surface area contributed by atoms with Crippen molar-refractivity contribution in [1.29, 1.82) is 0 Å². The lowest BCUT2D eigenvalue weighted by molar-refractivity contribution is 0.549. The fourth-order valence-electron chi connectivity index (χ4n) is 9.19. The molecule has 2 aliphatic rings. The van der Waals surface area contributed by atoms with E-state index in [9.17, 15) is 0 Å². The first-order valence-corrected chi connectivity index (χ1v) is 20.9. The standard InChI is InChI=1S/C57H41N3/c1-2-49-50-20-9-10-21-51(50)55(59-54(49)47-30-28-41-32-39(24-26-43(41)34-47)37-14-5-3-6-15-37)45-18-13-19-46(36-45)56-52-22-11-12-23-53(52)58-57(60-56)48-31-29-42-33-40(25-27-44(42)35-48)38-16-7-4-8-17-38/h3-36,49-50H,2H2,1H3. The molecule has 0 saturated carbocycles. The monoisotopic (exact) mass is 767 g/mol. The van der Waals surface area contributed by atoms with Gasteiger partial charge in [-0.25, -0.2) is 9.97 Å². The zero-order chi connectivity index (χ0) is 40.0. The average Bonchev–Trinajstić information content (AvgIpc) is 3.33. The van der Waals surface area contributed by atoms with E-state index < -0.39 is 0 Å². The van der Waals surface area contributed by atoms with E-state index in [2.05, 4.69) is 213 Å². The van der Waals surface area contributed by atoms with Gasteiger partial charge in [0.2, 0.25) is 0 Å². The highest BCUT2D eigenvalue weighted by atomic mass is 14.9. The summed E-state index contributed by atoms with van der Waals surface area (Å²) in [6.45, 7) is 2.29. The molecule has 2 atom stereocenters. The molecule has 60 heavy (non-hydrogen) atoms. The lowest BCUT2D eigenvalue weighted by Gasteiger charge is -2.33. The molecule has 9 aromatic rings. The number of rotatable bonds is 7. The van der Waals surface area contributed by atoms with Crippen molar-refractivity contribution in [3.63, 3.8) is 0 Å². The molecule has 0 fully saturated rings. The summed E-state index contributed by atoms with van der Waals surface area (Å²) in [5.41, 5.74) is 14.4. The van der Waals surface area contributed by atoms with Crippen molar-refractivity contribution in [2.24, 2.45) is 16.8 Å². The van der Waals surface area contributed by atoms with Crippen molar-refractivity contribution in [3.8, 4) is 44.9 Å². The SMILES string of the molecule is CCC1C(c2ccc3cc(-c4ccccc4)ccc3c2)=NC(c2cccc(-c3nc(-c4ccc5cc(-c6ccccc6)ccc5c4)nc4ccccc34)c2)=C2C=CC=CC21. The second-order valence-electron chi connectivity index (χ2n) is 15.9. The topological polar surface area (TPSA) is 38.1 Å². The number of hydrogen-bond acceptors (Lipinski definition) is 3. The van der Waals surface area contributed by atoms with Gasteiger partial charge in [0, 0.05) is 33.9 Å². The summed E-state index contributed by atoms with van der Waals surface area (Å²) >= 11 is 0. The van der Waals surface area contributed by atoms with Crippen LogP contribution in [0.25, 0.3) is 83.0 Å². The van der Waals surface area contributed by atoms with Crippen molar-refractivity contribution in [2.75, 3.05) is 0 Å². The lowest BCUT2D eigenvalue weighted by Crippen LogP contribution is -2.29. The van der Waals surface area contributed by atoms with Gasteiger partial charge in [-0.2, -0.15) is 0 Å². The van der Waals surface area contributed by atoms with E-state index in [0.717, 1.165) is 56.5 Å². The van der Waals surface area contributed by atoms with Gasteiger partial charge in [0.1, 0.15) is 0 Å². The van der Waals surface area contributed by atoms with Gasteiger partial charge in [0.05, 0.1) is 22.6 Å². The number of allylic oxidation sites excluding steroid dienone is 5. The smallest absolute Gasteiger partial charge is 0.160 e. The third-order valence-electron chi connectivity index (χ3n) is 12.3. The number of aromatic nitrogens is 2. The van der Waals surface area contributed by atoms with Gasteiger partial charge in [-0.05, 0) is 97.8 Å². The van der Waals surface area contributed by atoms with E-state index in [1.165, 1.54) is 49.5 Å². The van der Waals surface area contributed by atoms with Gasteiger partial charge >= 0.3 is 0 Å². The maximum Gasteiger partial charge on any atom is 0.160 e. The van der Waals surface area contributed by atoms with Crippen molar-refractivity contribution in [3.05, 3.63) is 223 Å². The average molecular weight is 768 g/mol. The molecule has 1 aromatic heterocycles. The van der Waals surface area contributed by atoms with E-state index in [1.54, 1.807) is 0 Å². The Morgan fingerprint density at radius 2 is 1.02 bits per heavy atom. The van der Waals surface area contributed by atoms with Crippen LogP contribution in [0.3, 0.4) is 0 Å². The number of benzene rings is 8. The van der Waals surface area contributed by atoms with E-state index in [0.29, 0.717) is 5.82 Å². The Labute approximate surface area is 350 Å². The molecule has 2 heterocycles. The van der Waals surface area contributed by atoms with Crippen LogP contribution in [0.2, 0.25) is 0 Å². The minimum Gasteiger partial charge on any atom is -0.252 e. The van der Waals surface area contributed by atoms with Crippen molar-refractivity contribution >= 4 is 43.9 Å². The van der Waals surface area contributed by atoms with Crippen LogP contribution >= 0.6 is 0 Å². The summed E-state index contributed by atoms with van der Waals surface area (Å²) in [6.07, 6.45) is 9.97. The van der Waals surface area contributed by atoms with Crippen molar-refractivity contribution < 1.29 is 0 Å². The first-order valence-electron chi connectivity index (χ1n) is 20.9. The Balaban J connectivity index is 0.996. The van der Waals surface area contributed by atoms with Crippen LogP contribution in [0.4, 0.5) is 0 Å². The van der Waals surface area contributed by atoms with Gasteiger partial charge in [-0.1, -0.05) is 177 Å². The van der Waals surface area contributed by atoms with E-state index in [1.807, 2.05) is 0 Å². The summed E-state index contributed by atoms with van der Waals surface area (Å²) in [4.78, 5) is 16.1. The molecule has 0 N–H and O–H groups in total. The molecule has 1 aliphatic carbocycles. The van der Waals surface area contributed by atoms with Crippen LogP contribution in [-0.2, 0) is 0 Å². The maximum absolute atomic E-state index is 5.63. The molecule has 0 saturated heterocycles. The second-order valence-corrected chi connectivity index (χ2v) is 15.9. The van der Waals surface area contributed by atoms with Gasteiger partial charge in [0.25, 0.3) is 0 Å².